The van der Waals surface area contributed by atoms with E-state index in [0.717, 1.165) is 23.1 Å². The molecule has 2 N–H and O–H groups in total. The van der Waals surface area contributed by atoms with Crippen molar-refractivity contribution in [2.75, 3.05) is 19.0 Å². The maximum Gasteiger partial charge on any atom is 0.325 e. The Morgan fingerprint density at radius 1 is 1.17 bits per heavy atom. The molecule has 1 heterocycles. The smallest absolute Gasteiger partial charge is 0.325 e. The van der Waals surface area contributed by atoms with E-state index in [1.54, 1.807) is 31.2 Å². The quantitative estimate of drug-likeness (QED) is 0.726. The molecule has 1 fully saturated rings. The van der Waals surface area contributed by atoms with Crippen LogP contribution >= 0.6 is 0 Å². The van der Waals surface area contributed by atoms with Gasteiger partial charge >= 0.3 is 6.03 Å². The number of anilines is 1. The van der Waals surface area contributed by atoms with Gasteiger partial charge in [-0.2, -0.15) is 0 Å². The first-order valence-electron chi connectivity index (χ1n) is 8.84. The molecule has 0 aromatic heterocycles. The predicted octanol–water partition coefficient (Wildman–Crippen LogP) is 2.77. The Bertz CT molecular complexity index is 965. The third-order valence-corrected chi connectivity index (χ3v) is 4.79. The zero-order valence-electron chi connectivity index (χ0n) is 15.8. The number of halogens is 2. The van der Waals surface area contributed by atoms with Crippen molar-refractivity contribution in [3.8, 4) is 5.75 Å². The van der Waals surface area contributed by atoms with E-state index < -0.39 is 41.6 Å². The van der Waals surface area contributed by atoms with Gasteiger partial charge in [0.25, 0.3) is 5.91 Å². The van der Waals surface area contributed by atoms with Crippen molar-refractivity contribution >= 4 is 23.5 Å². The molecule has 9 heteroatoms. The number of hydrogen-bond donors (Lipinski definition) is 2. The van der Waals surface area contributed by atoms with E-state index in [9.17, 15) is 23.2 Å². The van der Waals surface area contributed by atoms with Crippen molar-refractivity contribution in [3.63, 3.8) is 0 Å². The first kappa shape index (κ1) is 20.2. The molecule has 1 aliphatic heterocycles. The predicted molar refractivity (Wildman–Crippen MR) is 100 cm³/mol. The fraction of sp³-hybridized carbons (Fsp3) is 0.250. The molecular weight excluding hydrogens is 384 g/mol. The number of ether oxygens (including phenoxy) is 1. The molecule has 0 bridgehead atoms. The molecule has 0 spiro atoms. The number of imide groups is 1. The van der Waals surface area contributed by atoms with Crippen molar-refractivity contribution in [2.24, 2.45) is 0 Å². The third-order valence-electron chi connectivity index (χ3n) is 4.79. The summed E-state index contributed by atoms with van der Waals surface area (Å²) >= 11 is 0. The van der Waals surface area contributed by atoms with Crippen molar-refractivity contribution < 1.29 is 27.9 Å². The molecule has 0 unspecified atom stereocenters. The van der Waals surface area contributed by atoms with Crippen LogP contribution in [0.3, 0.4) is 0 Å². The molecule has 4 amide bonds. The fourth-order valence-electron chi connectivity index (χ4n) is 3.21. The number of hydrogen-bond acceptors (Lipinski definition) is 4. The van der Waals surface area contributed by atoms with Crippen molar-refractivity contribution in [2.45, 2.75) is 18.9 Å². The summed E-state index contributed by atoms with van der Waals surface area (Å²) in [4.78, 5) is 38.5. The Morgan fingerprint density at radius 2 is 1.86 bits per heavy atom. The standard InChI is InChI=1S/C20H19F2N3O4/c1-3-20(12-4-7-14(29-2)8-5-12)18(27)25(19(28)24-20)11-17(26)23-16-10-13(21)6-9-15(16)22/h4-10H,3,11H2,1-2H3,(H,23,26)(H,24,28)/t20-/m0/s1. The Hall–Kier alpha value is -3.49. The summed E-state index contributed by atoms with van der Waals surface area (Å²) in [5, 5.41) is 4.82. The largest absolute Gasteiger partial charge is 0.497 e. The molecule has 0 saturated carbocycles. The number of nitrogens with one attached hydrogen (secondary N) is 2. The Kier molecular flexibility index (Phi) is 5.49. The van der Waals surface area contributed by atoms with Gasteiger partial charge in [-0.15, -0.1) is 0 Å². The summed E-state index contributed by atoms with van der Waals surface area (Å²) < 4.78 is 32.1. The average Bonchev–Trinajstić information content (AvgIpc) is 2.96. The van der Waals surface area contributed by atoms with Crippen molar-refractivity contribution in [1.29, 1.82) is 0 Å². The number of rotatable bonds is 6. The van der Waals surface area contributed by atoms with E-state index in [0.29, 0.717) is 11.3 Å². The van der Waals surface area contributed by atoms with Crippen LogP contribution in [0.4, 0.5) is 19.3 Å². The zero-order chi connectivity index (χ0) is 21.2. The summed E-state index contributed by atoms with van der Waals surface area (Å²) in [6, 6.07) is 8.48. The van der Waals surface area contributed by atoms with Crippen LogP contribution in [0.1, 0.15) is 18.9 Å². The van der Waals surface area contributed by atoms with Gasteiger partial charge in [0.15, 0.2) is 0 Å². The van der Waals surface area contributed by atoms with Gasteiger partial charge in [0.2, 0.25) is 5.91 Å². The highest BCUT2D eigenvalue weighted by Gasteiger charge is 2.51. The number of urea groups is 1. The molecule has 7 nitrogen and oxygen atoms in total. The maximum atomic E-state index is 13.7. The zero-order valence-corrected chi connectivity index (χ0v) is 15.8. The molecule has 1 aliphatic rings. The van der Waals surface area contributed by atoms with Crippen LogP contribution in [0, 0.1) is 11.6 Å². The van der Waals surface area contributed by atoms with Gasteiger partial charge in [-0.05, 0) is 36.2 Å². The van der Waals surface area contributed by atoms with Gasteiger partial charge in [0.05, 0.1) is 12.8 Å². The van der Waals surface area contributed by atoms with Crippen LogP contribution in [0.25, 0.3) is 0 Å². The highest BCUT2D eigenvalue weighted by molar-refractivity contribution is 6.10. The second-order valence-corrected chi connectivity index (χ2v) is 6.48. The molecule has 0 aliphatic carbocycles. The maximum absolute atomic E-state index is 13.7. The fourth-order valence-corrected chi connectivity index (χ4v) is 3.21. The molecule has 2 aromatic carbocycles. The lowest BCUT2D eigenvalue weighted by Crippen LogP contribution is -2.44. The minimum atomic E-state index is -1.33. The van der Waals surface area contributed by atoms with Gasteiger partial charge in [-0.25, -0.2) is 13.6 Å². The highest BCUT2D eigenvalue weighted by Crippen LogP contribution is 2.33. The van der Waals surface area contributed by atoms with E-state index in [2.05, 4.69) is 10.6 Å². The highest BCUT2D eigenvalue weighted by atomic mass is 19.1. The van der Waals surface area contributed by atoms with Crippen LogP contribution < -0.4 is 15.4 Å². The minimum Gasteiger partial charge on any atom is -0.497 e. The van der Waals surface area contributed by atoms with Crippen LogP contribution in [-0.2, 0) is 15.1 Å². The molecule has 1 saturated heterocycles. The van der Waals surface area contributed by atoms with Gasteiger partial charge in [-0.3, -0.25) is 14.5 Å². The topological polar surface area (TPSA) is 87.7 Å². The van der Waals surface area contributed by atoms with Gasteiger partial charge in [-0.1, -0.05) is 19.1 Å². The summed E-state index contributed by atoms with van der Waals surface area (Å²) in [6.07, 6.45) is 0.251. The van der Waals surface area contributed by atoms with E-state index in [1.807, 2.05) is 0 Å². The lowest BCUT2D eigenvalue weighted by atomic mass is 9.87. The van der Waals surface area contributed by atoms with Crippen LogP contribution in [0.2, 0.25) is 0 Å². The van der Waals surface area contributed by atoms with E-state index >= 15 is 0 Å². The Balaban J connectivity index is 1.80. The summed E-state index contributed by atoms with van der Waals surface area (Å²) in [7, 11) is 1.51. The van der Waals surface area contributed by atoms with E-state index in [-0.39, 0.29) is 12.1 Å². The number of methoxy groups -OCH3 is 1. The summed E-state index contributed by atoms with van der Waals surface area (Å²) in [5.41, 5.74) is -1.16. The first-order valence-corrected chi connectivity index (χ1v) is 8.84. The number of carbonyl (C=O) groups excluding carboxylic acids is 3. The monoisotopic (exact) mass is 403 g/mol. The van der Waals surface area contributed by atoms with Crippen LogP contribution in [0.5, 0.6) is 5.75 Å². The normalized spacial score (nSPS) is 18.6. The SMILES string of the molecule is CC[C@@]1(c2ccc(OC)cc2)NC(=O)N(CC(=O)Nc2cc(F)ccc2F)C1=O. The third kappa shape index (κ3) is 3.75. The molecule has 2 aromatic rings. The number of carbonyl (C=O) groups is 3. The second kappa shape index (κ2) is 7.86. The van der Waals surface area contributed by atoms with Gasteiger partial charge in [0.1, 0.15) is 29.5 Å². The average molecular weight is 403 g/mol. The van der Waals surface area contributed by atoms with E-state index in [4.69, 9.17) is 4.74 Å². The van der Waals surface area contributed by atoms with Gasteiger partial charge < -0.3 is 15.4 Å². The molecule has 3 rings (SSSR count). The van der Waals surface area contributed by atoms with E-state index in [1.165, 1.54) is 7.11 Å². The number of amides is 4. The second-order valence-electron chi connectivity index (χ2n) is 6.48. The van der Waals surface area contributed by atoms with Gasteiger partial charge in [0, 0.05) is 6.07 Å². The summed E-state index contributed by atoms with van der Waals surface area (Å²) in [5.74, 6) is -2.42. The molecule has 152 valence electrons. The number of nitrogens with zero attached hydrogens (tertiary/aromatic N) is 1. The minimum absolute atomic E-state index is 0.251. The van der Waals surface area contributed by atoms with Crippen molar-refractivity contribution in [3.05, 3.63) is 59.7 Å². The summed E-state index contributed by atoms with van der Waals surface area (Å²) in [6.45, 7) is 1.09. The lowest BCUT2D eigenvalue weighted by Gasteiger charge is -2.26. The number of benzene rings is 2. The molecule has 29 heavy (non-hydrogen) atoms. The lowest BCUT2D eigenvalue weighted by molar-refractivity contribution is -0.134. The molecule has 0 radical (unpaired) electrons. The van der Waals surface area contributed by atoms with Crippen LogP contribution in [0.15, 0.2) is 42.5 Å². The molecule has 1 atom stereocenters. The molecular formula is C20H19F2N3O4. The van der Waals surface area contributed by atoms with Crippen molar-refractivity contribution in [1.82, 2.24) is 10.2 Å². The Morgan fingerprint density at radius 3 is 2.48 bits per heavy atom. The first-order chi connectivity index (χ1) is 13.8. The Labute approximate surface area is 165 Å². The van der Waals surface area contributed by atoms with Crippen LogP contribution in [-0.4, -0.2) is 36.4 Å².